The van der Waals surface area contributed by atoms with Crippen molar-refractivity contribution >= 4 is 55.4 Å². The number of aryl methyl sites for hydroxylation is 1. The van der Waals surface area contributed by atoms with Crippen molar-refractivity contribution in [3.8, 4) is 0 Å². The van der Waals surface area contributed by atoms with E-state index in [2.05, 4.69) is 38.5 Å². The Kier molecular flexibility index (Phi) is 3.55. The van der Waals surface area contributed by atoms with Gasteiger partial charge in [0.05, 0.1) is 0 Å². The van der Waals surface area contributed by atoms with Crippen LogP contribution in [0.25, 0.3) is 0 Å². The molecule has 0 aliphatic rings. The molecule has 0 unspecified atom stereocenters. The summed E-state index contributed by atoms with van der Waals surface area (Å²) in [6.07, 6.45) is 0. The standard InChI is InChI=1S/C8H5BrClIO/c1-4-2-3-5(8(10)12)6(9)7(4)11/h2-3H,1H3. The maximum atomic E-state index is 10.9. The molecule has 1 rings (SSSR count). The van der Waals surface area contributed by atoms with E-state index in [1.807, 2.05) is 13.0 Å². The summed E-state index contributed by atoms with van der Waals surface area (Å²) in [6.45, 7) is 1.98. The van der Waals surface area contributed by atoms with Gasteiger partial charge in [0, 0.05) is 13.6 Å². The number of carbonyl (C=O) groups excluding carboxylic acids is 1. The average Bonchev–Trinajstić information content (AvgIpc) is 2.00. The molecule has 0 spiro atoms. The van der Waals surface area contributed by atoms with E-state index < -0.39 is 5.24 Å². The van der Waals surface area contributed by atoms with E-state index in [4.69, 9.17) is 11.6 Å². The zero-order chi connectivity index (χ0) is 9.30. The highest BCUT2D eigenvalue weighted by Gasteiger charge is 2.10. The number of halogens is 3. The Morgan fingerprint density at radius 1 is 1.58 bits per heavy atom. The highest BCUT2D eigenvalue weighted by molar-refractivity contribution is 14.1. The number of hydrogen-bond acceptors (Lipinski definition) is 1. The molecule has 64 valence electrons. The van der Waals surface area contributed by atoms with Gasteiger partial charge in [0.25, 0.3) is 5.24 Å². The van der Waals surface area contributed by atoms with Gasteiger partial charge >= 0.3 is 0 Å². The first-order valence-electron chi connectivity index (χ1n) is 3.18. The molecule has 0 fully saturated rings. The molecule has 0 bridgehead atoms. The van der Waals surface area contributed by atoms with Crippen LogP contribution in [0, 0.1) is 10.5 Å². The Hall–Kier alpha value is 0.390. The van der Waals surface area contributed by atoms with Crippen molar-refractivity contribution in [2.75, 3.05) is 0 Å². The van der Waals surface area contributed by atoms with Crippen molar-refractivity contribution in [3.63, 3.8) is 0 Å². The minimum absolute atomic E-state index is 0.431. The Morgan fingerprint density at radius 3 is 2.67 bits per heavy atom. The summed E-state index contributed by atoms with van der Waals surface area (Å²) in [6, 6.07) is 3.60. The molecule has 1 aromatic rings. The second-order valence-corrected chi connectivity index (χ2v) is 4.55. The molecule has 0 aliphatic heterocycles. The first kappa shape index (κ1) is 10.5. The Labute approximate surface area is 97.8 Å². The summed E-state index contributed by atoms with van der Waals surface area (Å²) < 4.78 is 1.81. The summed E-state index contributed by atoms with van der Waals surface area (Å²) >= 11 is 10.8. The lowest BCUT2D eigenvalue weighted by molar-refractivity contribution is 0.108. The van der Waals surface area contributed by atoms with Gasteiger partial charge in [-0.15, -0.1) is 0 Å². The maximum Gasteiger partial charge on any atom is 0.253 e. The van der Waals surface area contributed by atoms with E-state index in [-0.39, 0.29) is 0 Å². The normalized spacial score (nSPS) is 10.0. The summed E-state index contributed by atoms with van der Waals surface area (Å²) in [5, 5.41) is -0.431. The average molecular weight is 359 g/mol. The van der Waals surface area contributed by atoms with E-state index in [0.717, 1.165) is 13.6 Å². The summed E-state index contributed by atoms with van der Waals surface area (Å²) in [7, 11) is 0. The van der Waals surface area contributed by atoms with Crippen molar-refractivity contribution in [2.45, 2.75) is 6.92 Å². The molecule has 0 radical (unpaired) electrons. The zero-order valence-corrected chi connectivity index (χ0v) is 10.7. The predicted molar refractivity (Wildman–Crippen MR) is 61.8 cm³/mol. The van der Waals surface area contributed by atoms with Crippen molar-refractivity contribution in [3.05, 3.63) is 31.3 Å². The topological polar surface area (TPSA) is 17.1 Å². The van der Waals surface area contributed by atoms with Gasteiger partial charge < -0.3 is 0 Å². The molecule has 0 atom stereocenters. The number of benzene rings is 1. The van der Waals surface area contributed by atoms with Crippen LogP contribution in [0.1, 0.15) is 15.9 Å². The fraction of sp³-hybridized carbons (Fsp3) is 0.125. The Bertz CT molecular complexity index is 338. The smallest absolute Gasteiger partial charge is 0.253 e. The molecule has 1 nitrogen and oxygen atoms in total. The second-order valence-electron chi connectivity index (χ2n) is 2.33. The largest absolute Gasteiger partial charge is 0.276 e. The molecule has 0 amide bonds. The lowest BCUT2D eigenvalue weighted by atomic mass is 10.2. The van der Waals surface area contributed by atoms with E-state index >= 15 is 0 Å². The van der Waals surface area contributed by atoms with Crippen LogP contribution in [-0.2, 0) is 0 Å². The van der Waals surface area contributed by atoms with Gasteiger partial charge in [-0.25, -0.2) is 0 Å². The molecule has 0 saturated carbocycles. The third kappa shape index (κ3) is 2.00. The van der Waals surface area contributed by atoms with Gasteiger partial charge in [0.15, 0.2) is 0 Å². The maximum absolute atomic E-state index is 10.9. The fourth-order valence-electron chi connectivity index (χ4n) is 0.798. The number of carbonyl (C=O) groups is 1. The van der Waals surface area contributed by atoms with Crippen LogP contribution in [0.2, 0.25) is 0 Å². The molecule has 1 aromatic carbocycles. The van der Waals surface area contributed by atoms with Gasteiger partial charge in [-0.3, -0.25) is 4.79 Å². The molecule has 0 N–H and O–H groups in total. The van der Waals surface area contributed by atoms with E-state index in [0.29, 0.717) is 5.56 Å². The van der Waals surface area contributed by atoms with E-state index in [9.17, 15) is 4.79 Å². The Balaban J connectivity index is 3.36. The lowest BCUT2D eigenvalue weighted by Gasteiger charge is -2.03. The SMILES string of the molecule is Cc1ccc(C(=O)Cl)c(Br)c1I. The highest BCUT2D eigenvalue weighted by atomic mass is 127. The summed E-state index contributed by atoms with van der Waals surface area (Å²) in [4.78, 5) is 10.9. The highest BCUT2D eigenvalue weighted by Crippen LogP contribution is 2.27. The third-order valence-electron chi connectivity index (χ3n) is 1.49. The van der Waals surface area contributed by atoms with E-state index in [1.54, 1.807) is 6.07 Å². The van der Waals surface area contributed by atoms with Crippen LogP contribution >= 0.6 is 50.1 Å². The van der Waals surface area contributed by atoms with Crippen LogP contribution in [0.15, 0.2) is 16.6 Å². The van der Waals surface area contributed by atoms with Crippen LogP contribution < -0.4 is 0 Å². The molecule has 12 heavy (non-hydrogen) atoms. The van der Waals surface area contributed by atoms with Gasteiger partial charge in [-0.1, -0.05) is 6.07 Å². The first-order valence-corrected chi connectivity index (χ1v) is 5.43. The van der Waals surface area contributed by atoms with Crippen LogP contribution in [0.5, 0.6) is 0 Å². The molecule has 0 aliphatic carbocycles. The van der Waals surface area contributed by atoms with Crippen molar-refractivity contribution in [1.29, 1.82) is 0 Å². The van der Waals surface area contributed by atoms with Gasteiger partial charge in [-0.05, 0) is 68.7 Å². The Morgan fingerprint density at radius 2 is 2.17 bits per heavy atom. The third-order valence-corrected chi connectivity index (χ3v) is 4.65. The quantitative estimate of drug-likeness (QED) is 0.551. The van der Waals surface area contributed by atoms with E-state index in [1.165, 1.54) is 0 Å². The van der Waals surface area contributed by atoms with Crippen LogP contribution in [-0.4, -0.2) is 5.24 Å². The first-order chi connectivity index (χ1) is 5.54. The minimum Gasteiger partial charge on any atom is -0.276 e. The summed E-state index contributed by atoms with van der Waals surface area (Å²) in [5.74, 6) is 0. The van der Waals surface area contributed by atoms with Crippen LogP contribution in [0.3, 0.4) is 0 Å². The van der Waals surface area contributed by atoms with Crippen molar-refractivity contribution in [2.24, 2.45) is 0 Å². The lowest BCUT2D eigenvalue weighted by Crippen LogP contribution is -1.94. The van der Waals surface area contributed by atoms with Gasteiger partial charge in [-0.2, -0.15) is 0 Å². The molecule has 0 heterocycles. The fourth-order valence-corrected chi connectivity index (χ4v) is 2.16. The second kappa shape index (κ2) is 4.07. The molecular weight excluding hydrogens is 354 g/mol. The molecule has 4 heteroatoms. The minimum atomic E-state index is -0.431. The summed E-state index contributed by atoms with van der Waals surface area (Å²) in [5.41, 5.74) is 1.65. The number of hydrogen-bond donors (Lipinski definition) is 0. The van der Waals surface area contributed by atoms with Gasteiger partial charge in [0.1, 0.15) is 0 Å². The van der Waals surface area contributed by atoms with Gasteiger partial charge in [0.2, 0.25) is 0 Å². The monoisotopic (exact) mass is 358 g/mol. The molecule has 0 aromatic heterocycles. The zero-order valence-electron chi connectivity index (χ0n) is 6.20. The molecule has 0 saturated heterocycles. The van der Waals surface area contributed by atoms with Crippen molar-refractivity contribution < 1.29 is 4.79 Å². The predicted octanol–water partition coefficient (Wildman–Crippen LogP) is 3.74. The number of rotatable bonds is 1. The van der Waals surface area contributed by atoms with Crippen molar-refractivity contribution in [1.82, 2.24) is 0 Å². The molecular formula is C8H5BrClIO. The van der Waals surface area contributed by atoms with Crippen LogP contribution in [0.4, 0.5) is 0 Å².